The molecule has 3 nitrogen and oxygen atoms in total. The first-order valence-corrected chi connectivity index (χ1v) is 7.68. The predicted octanol–water partition coefficient (Wildman–Crippen LogP) is 2.93. The summed E-state index contributed by atoms with van der Waals surface area (Å²) < 4.78 is 35.6. The largest absolute Gasteiger partial charge is 0.721 e. The van der Waals surface area contributed by atoms with Crippen LogP contribution in [0, 0.1) is 29.6 Å². The number of hydrogen-bond acceptors (Lipinski definition) is 3. The van der Waals surface area contributed by atoms with E-state index in [0.29, 0.717) is 18.4 Å². The Kier molecular flexibility index (Phi) is 4.02. The Labute approximate surface area is 118 Å². The summed E-state index contributed by atoms with van der Waals surface area (Å²) in [7, 11) is -2.81. The SMILES string of the molecule is CCOC(=O)C1C2CC3CC(CC(C3)C1OB(F)F)C2. The van der Waals surface area contributed by atoms with Crippen LogP contribution in [0.2, 0.25) is 0 Å². The van der Waals surface area contributed by atoms with Gasteiger partial charge in [0.15, 0.2) is 0 Å². The molecule has 4 fully saturated rings. The van der Waals surface area contributed by atoms with Crippen molar-refractivity contribution in [1.29, 1.82) is 0 Å². The zero-order chi connectivity index (χ0) is 14.3. The highest BCUT2D eigenvalue weighted by molar-refractivity contribution is 6.34. The molecule has 20 heavy (non-hydrogen) atoms. The molecule has 4 unspecified atom stereocenters. The molecule has 4 aliphatic rings. The normalized spacial score (nSPS) is 42.4. The molecule has 6 heteroatoms. The minimum Gasteiger partial charge on any atom is -0.466 e. The molecule has 0 radical (unpaired) electrons. The van der Waals surface area contributed by atoms with Crippen LogP contribution >= 0.6 is 0 Å². The van der Waals surface area contributed by atoms with Crippen LogP contribution in [0.15, 0.2) is 0 Å². The van der Waals surface area contributed by atoms with Crippen molar-refractivity contribution in [3.63, 3.8) is 0 Å². The molecule has 4 bridgehead atoms. The molecule has 0 amide bonds. The molecule has 4 rings (SSSR count). The molecule has 0 aromatic carbocycles. The van der Waals surface area contributed by atoms with Gasteiger partial charge in [-0.15, -0.1) is 0 Å². The van der Waals surface area contributed by atoms with Gasteiger partial charge in [0.2, 0.25) is 0 Å². The van der Waals surface area contributed by atoms with E-state index in [1.807, 2.05) is 0 Å². The summed E-state index contributed by atoms with van der Waals surface area (Å²) in [5.41, 5.74) is 0. The Morgan fingerprint density at radius 1 is 1.10 bits per heavy atom. The molecule has 4 atom stereocenters. The zero-order valence-electron chi connectivity index (χ0n) is 11.8. The second-order valence-corrected chi connectivity index (χ2v) is 6.57. The quantitative estimate of drug-likeness (QED) is 0.589. The maximum absolute atomic E-state index is 12.8. The number of ether oxygens (including phenoxy) is 1. The lowest BCUT2D eigenvalue weighted by Gasteiger charge is -2.38. The van der Waals surface area contributed by atoms with E-state index in [2.05, 4.69) is 0 Å². The van der Waals surface area contributed by atoms with Crippen molar-refractivity contribution in [1.82, 2.24) is 0 Å². The lowest BCUT2D eigenvalue weighted by Crippen LogP contribution is -2.41. The number of fused-ring (bicyclic) bond motifs is 1. The smallest absolute Gasteiger partial charge is 0.466 e. The van der Waals surface area contributed by atoms with Gasteiger partial charge in [0.05, 0.1) is 18.6 Å². The van der Waals surface area contributed by atoms with E-state index in [-0.39, 0.29) is 17.8 Å². The fourth-order valence-corrected chi connectivity index (χ4v) is 4.96. The summed E-state index contributed by atoms with van der Waals surface area (Å²) in [6.07, 6.45) is 4.35. The number of esters is 1. The van der Waals surface area contributed by atoms with Crippen LogP contribution in [0.5, 0.6) is 0 Å². The van der Waals surface area contributed by atoms with E-state index in [1.54, 1.807) is 6.92 Å². The third-order valence-electron chi connectivity index (χ3n) is 5.36. The van der Waals surface area contributed by atoms with Gasteiger partial charge in [-0.05, 0) is 62.7 Å². The molecule has 0 heterocycles. The van der Waals surface area contributed by atoms with Crippen molar-refractivity contribution in [3.05, 3.63) is 0 Å². The summed E-state index contributed by atoms with van der Waals surface area (Å²) >= 11 is 0. The van der Waals surface area contributed by atoms with Gasteiger partial charge in [-0.1, -0.05) is 0 Å². The van der Waals surface area contributed by atoms with Gasteiger partial charge in [0.25, 0.3) is 0 Å². The summed E-state index contributed by atoms with van der Waals surface area (Å²) in [4.78, 5) is 12.3. The summed E-state index contributed by atoms with van der Waals surface area (Å²) in [6.45, 7) is 2.04. The van der Waals surface area contributed by atoms with Crippen LogP contribution in [0.1, 0.15) is 39.0 Å². The van der Waals surface area contributed by atoms with E-state index < -0.39 is 19.5 Å². The topological polar surface area (TPSA) is 35.5 Å². The average Bonchev–Trinajstić information content (AvgIpc) is 2.51. The Balaban J connectivity index is 1.88. The minimum atomic E-state index is -2.81. The maximum Gasteiger partial charge on any atom is 0.721 e. The van der Waals surface area contributed by atoms with Crippen LogP contribution in [-0.2, 0) is 14.2 Å². The molecular weight excluding hydrogens is 265 g/mol. The third kappa shape index (κ3) is 2.59. The van der Waals surface area contributed by atoms with E-state index in [1.165, 1.54) is 6.42 Å². The first-order chi connectivity index (χ1) is 9.58. The van der Waals surface area contributed by atoms with Crippen LogP contribution in [0.4, 0.5) is 8.63 Å². The third-order valence-corrected chi connectivity index (χ3v) is 5.36. The van der Waals surface area contributed by atoms with Gasteiger partial charge < -0.3 is 9.39 Å². The second-order valence-electron chi connectivity index (χ2n) is 6.57. The molecule has 112 valence electrons. The first-order valence-electron chi connectivity index (χ1n) is 7.68. The van der Waals surface area contributed by atoms with E-state index in [4.69, 9.17) is 9.39 Å². The number of carbonyl (C=O) groups excluding carboxylic acids is 1. The highest BCUT2D eigenvalue weighted by atomic mass is 19.2. The number of hydrogen-bond donors (Lipinski definition) is 0. The highest BCUT2D eigenvalue weighted by Crippen LogP contribution is 2.54. The first kappa shape index (κ1) is 14.3. The average molecular weight is 286 g/mol. The van der Waals surface area contributed by atoms with Crippen LogP contribution in [0.3, 0.4) is 0 Å². The predicted molar refractivity (Wildman–Crippen MR) is 70.0 cm³/mol. The van der Waals surface area contributed by atoms with Gasteiger partial charge in [-0.25, -0.2) is 0 Å². The number of rotatable bonds is 4. The Morgan fingerprint density at radius 2 is 1.70 bits per heavy atom. The summed E-state index contributed by atoms with van der Waals surface area (Å²) in [5.74, 6) is 0.589. The fraction of sp³-hybridized carbons (Fsp3) is 0.929. The molecule has 4 aliphatic carbocycles. The molecule has 4 saturated carbocycles. The van der Waals surface area contributed by atoms with Gasteiger partial charge in [0, 0.05) is 0 Å². The molecule has 0 spiro atoms. The van der Waals surface area contributed by atoms with Gasteiger partial charge in [-0.2, -0.15) is 0 Å². The molecule has 0 aliphatic heterocycles. The van der Waals surface area contributed by atoms with Crippen molar-refractivity contribution < 1.29 is 22.8 Å². The fourth-order valence-electron chi connectivity index (χ4n) is 4.96. The Morgan fingerprint density at radius 3 is 2.25 bits per heavy atom. The second kappa shape index (κ2) is 5.62. The lowest BCUT2D eigenvalue weighted by atomic mass is 9.67. The van der Waals surface area contributed by atoms with Crippen molar-refractivity contribution in [2.24, 2.45) is 29.6 Å². The lowest BCUT2D eigenvalue weighted by molar-refractivity contribution is -0.155. The van der Waals surface area contributed by atoms with Crippen LogP contribution in [-0.4, -0.2) is 26.1 Å². The molecule has 0 aromatic heterocycles. The van der Waals surface area contributed by atoms with Crippen molar-refractivity contribution in [2.45, 2.75) is 45.1 Å². The van der Waals surface area contributed by atoms with Crippen LogP contribution in [0.25, 0.3) is 0 Å². The van der Waals surface area contributed by atoms with E-state index in [9.17, 15) is 13.4 Å². The standard InChI is InChI=1S/C14H21BF2O3/c1-2-19-14(18)12-10-4-8-3-9(5-10)7-11(6-8)13(12)20-15(16)17/h8-13H,2-7H2,1H3. The van der Waals surface area contributed by atoms with Crippen molar-refractivity contribution >= 4 is 13.4 Å². The molecule has 0 aromatic rings. The van der Waals surface area contributed by atoms with Gasteiger partial charge in [0.1, 0.15) is 0 Å². The zero-order valence-corrected chi connectivity index (χ0v) is 11.8. The molecular formula is C14H21BF2O3. The van der Waals surface area contributed by atoms with E-state index >= 15 is 0 Å². The highest BCUT2D eigenvalue weighted by Gasteiger charge is 2.53. The van der Waals surface area contributed by atoms with Crippen molar-refractivity contribution in [3.8, 4) is 0 Å². The summed E-state index contributed by atoms with van der Waals surface area (Å²) in [6, 6.07) is 0. The monoisotopic (exact) mass is 286 g/mol. The Hall–Kier alpha value is -0.645. The molecule has 0 N–H and O–H groups in total. The molecule has 0 saturated heterocycles. The number of halogens is 2. The van der Waals surface area contributed by atoms with Crippen LogP contribution < -0.4 is 0 Å². The minimum absolute atomic E-state index is 0.0923. The maximum atomic E-state index is 12.8. The van der Waals surface area contributed by atoms with E-state index in [0.717, 1.165) is 25.7 Å². The summed E-state index contributed by atoms with van der Waals surface area (Å²) in [5, 5.41) is 0. The van der Waals surface area contributed by atoms with Gasteiger partial charge in [-0.3, -0.25) is 13.4 Å². The van der Waals surface area contributed by atoms with Crippen molar-refractivity contribution in [2.75, 3.05) is 6.61 Å². The number of carbonyl (C=O) groups is 1. The Bertz CT molecular complexity index is 365. The van der Waals surface area contributed by atoms with Gasteiger partial charge >= 0.3 is 13.4 Å².